The molecule has 0 amide bonds. The third-order valence-corrected chi connectivity index (χ3v) is 29.5. The first-order chi connectivity index (χ1) is 66.1. The summed E-state index contributed by atoms with van der Waals surface area (Å²) >= 11 is 0. The van der Waals surface area contributed by atoms with Crippen LogP contribution in [0.25, 0.3) is 220 Å². The number of hydrogen-bond acceptors (Lipinski definition) is 4. The van der Waals surface area contributed by atoms with Crippen LogP contribution in [-0.4, -0.2) is 0 Å². The second kappa shape index (κ2) is 29.8. The Morgan fingerprint density at radius 3 is 0.769 bits per heavy atom. The van der Waals surface area contributed by atoms with Crippen molar-refractivity contribution in [3.8, 4) is 89.0 Å². The van der Waals surface area contributed by atoms with Gasteiger partial charge in [-0.3, -0.25) is 0 Å². The lowest BCUT2D eigenvalue weighted by Crippen LogP contribution is -2.28. The van der Waals surface area contributed by atoms with Crippen LogP contribution in [0.1, 0.15) is 66.8 Å². The summed E-state index contributed by atoms with van der Waals surface area (Å²) in [5.74, 6) is 0. The maximum absolute atomic E-state index is 6.77. The van der Waals surface area contributed by atoms with Gasteiger partial charge in [-0.05, 0) is 254 Å². The molecule has 0 atom stereocenters. The van der Waals surface area contributed by atoms with Crippen LogP contribution in [0.5, 0.6) is 0 Å². The molecule has 4 heterocycles. The van der Waals surface area contributed by atoms with Gasteiger partial charge in [-0.25, -0.2) is 0 Å². The van der Waals surface area contributed by atoms with Crippen molar-refractivity contribution in [2.45, 2.75) is 38.5 Å². The fourth-order valence-corrected chi connectivity index (χ4v) is 23.5. The van der Waals surface area contributed by atoms with Gasteiger partial charge in [-0.2, -0.15) is 0 Å². The van der Waals surface area contributed by atoms with Crippen molar-refractivity contribution in [1.29, 1.82) is 0 Å². The molecule has 2 aliphatic carbocycles. The van der Waals surface area contributed by atoms with Crippen LogP contribution >= 0.6 is 0 Å². The number of furan rings is 4. The molecule has 26 aromatic rings. The van der Waals surface area contributed by atoms with Crippen LogP contribution < -0.4 is 0 Å². The smallest absolute Gasteiger partial charge is 0.143 e. The minimum absolute atomic E-state index is 0.538. The van der Waals surface area contributed by atoms with E-state index in [9.17, 15) is 0 Å². The Labute approximate surface area is 774 Å². The fourth-order valence-electron chi connectivity index (χ4n) is 23.5. The fraction of sp³-hybridized carbons (Fsp3) is 0.0462. The van der Waals surface area contributed by atoms with Crippen molar-refractivity contribution in [1.82, 2.24) is 0 Å². The predicted molar refractivity (Wildman–Crippen MR) is 558 cm³/mol. The van der Waals surface area contributed by atoms with E-state index in [1.165, 1.54) is 144 Å². The largest absolute Gasteiger partial charge is 0.456 e. The maximum atomic E-state index is 6.77. The second-order valence-electron chi connectivity index (χ2n) is 36.8. The molecule has 134 heavy (non-hydrogen) atoms. The minimum Gasteiger partial charge on any atom is -0.456 e. The Kier molecular flexibility index (Phi) is 17.1. The molecule has 0 saturated carbocycles. The van der Waals surface area contributed by atoms with Crippen LogP contribution in [-0.2, 0) is 10.8 Å². The molecule has 0 spiro atoms. The summed E-state index contributed by atoms with van der Waals surface area (Å²) in [6.07, 6.45) is 0. The second-order valence-corrected chi connectivity index (χ2v) is 36.8. The lowest BCUT2D eigenvalue weighted by Gasteiger charge is -2.34. The molecular weight excluding hydrogens is 1630 g/mol. The molecule has 22 aromatic carbocycles. The number of rotatable bonds is 10. The average molecular weight is 1710 g/mol. The quantitative estimate of drug-likeness (QED) is 0.128. The van der Waals surface area contributed by atoms with Crippen molar-refractivity contribution in [3.63, 3.8) is 0 Å². The van der Waals surface area contributed by atoms with E-state index in [1.807, 2.05) is 24.3 Å². The number of hydrogen-bond donors (Lipinski definition) is 0. The first-order valence-corrected chi connectivity index (χ1v) is 46.5. The highest BCUT2D eigenvalue weighted by atomic mass is 16.3. The molecule has 28 rings (SSSR count). The normalized spacial score (nSPS) is 13.0. The zero-order valence-electron chi connectivity index (χ0n) is 74.2. The molecule has 2 aliphatic rings. The standard InChI is InChI=1S/2C65H42O2/c1-39-30-34-41(35-31-39)65(42-36-32-40(2)33-37-42)57-26-6-3-16-53(57)62-54(25-13-27-58(62)65)61-47-19-9-17-43(49-21-11-23-51-45-14-4-7-28-59(45)66-63(49)51)55(47)38-56-44(18-10-20-48(56)61)50-22-12-24-52-46-15-5-8-29-60(46)67-64(50)52;1-39-24-30-43(31-25-39)65(44-32-26-40(2)27-33-44)57-20-6-3-14-53(57)64-54(19-11-21-58(64)65)63-51-17-9-15-45(41-28-34-49-47-12-4-7-22-59(47)66-61(49)36-41)55(51)38-56-46(16-10-18-52(56)63)42-29-35-50-48-13-5-8-23-60(48)67-62(50)37-42/h2*3-38H,1-2H3. The van der Waals surface area contributed by atoms with Crippen molar-refractivity contribution in [2.24, 2.45) is 0 Å². The molecule has 628 valence electrons. The van der Waals surface area contributed by atoms with E-state index in [0.717, 1.165) is 143 Å². The van der Waals surface area contributed by atoms with Gasteiger partial charge in [-0.15, -0.1) is 0 Å². The van der Waals surface area contributed by atoms with E-state index in [0.29, 0.717) is 0 Å². The van der Waals surface area contributed by atoms with E-state index in [4.69, 9.17) is 17.7 Å². The van der Waals surface area contributed by atoms with E-state index in [-0.39, 0.29) is 0 Å². The minimum atomic E-state index is -0.548. The maximum Gasteiger partial charge on any atom is 0.143 e. The molecule has 0 saturated heterocycles. The van der Waals surface area contributed by atoms with Crippen molar-refractivity contribution < 1.29 is 17.7 Å². The van der Waals surface area contributed by atoms with Gasteiger partial charge >= 0.3 is 0 Å². The Hall–Kier alpha value is -16.9. The summed E-state index contributed by atoms with van der Waals surface area (Å²) in [5.41, 5.74) is 40.1. The SMILES string of the molecule is Cc1ccc(C2(c3ccc(C)cc3)c3ccccc3-c3c(-c4c5cccc(-c6ccc7c(c6)oc6ccccc67)c5cc5c(-c6ccc7c(c6)oc6ccccc67)cccc45)cccc32)cc1.Cc1ccc(C2(c3ccc(C)cc3)c3ccccc3-c3c(-c4c5cccc(-c6cccc7c6oc6ccccc67)c5cc5c(-c6cccc7c6oc6ccccc67)cccc45)cccc32)cc1. The van der Waals surface area contributed by atoms with Crippen LogP contribution in [0.15, 0.2) is 454 Å². The molecule has 4 aromatic heterocycles. The Balaban J connectivity index is 0.000000136. The van der Waals surface area contributed by atoms with Crippen LogP contribution in [0.4, 0.5) is 0 Å². The first-order valence-electron chi connectivity index (χ1n) is 46.5. The van der Waals surface area contributed by atoms with Gasteiger partial charge in [0.1, 0.15) is 44.7 Å². The summed E-state index contributed by atoms with van der Waals surface area (Å²) in [4.78, 5) is 0. The number of aryl methyl sites for hydroxylation is 4. The molecule has 4 heteroatoms. The molecule has 4 nitrogen and oxygen atoms in total. The third kappa shape index (κ3) is 11.4. The molecule has 0 aliphatic heterocycles. The molecule has 0 unspecified atom stereocenters. The van der Waals surface area contributed by atoms with Gasteiger partial charge < -0.3 is 17.7 Å². The van der Waals surface area contributed by atoms with Crippen LogP contribution in [0, 0.1) is 27.7 Å². The van der Waals surface area contributed by atoms with Gasteiger partial charge in [-0.1, -0.05) is 398 Å². The van der Waals surface area contributed by atoms with Crippen LogP contribution in [0.2, 0.25) is 0 Å². The monoisotopic (exact) mass is 1710 g/mol. The Morgan fingerprint density at radius 1 is 0.149 bits per heavy atom. The van der Waals surface area contributed by atoms with E-state index in [1.54, 1.807) is 0 Å². The Morgan fingerprint density at radius 2 is 0.403 bits per heavy atom. The summed E-state index contributed by atoms with van der Waals surface area (Å²) in [6.45, 7) is 8.70. The zero-order chi connectivity index (χ0) is 88.8. The number of fused-ring (bicyclic) bond motifs is 22. The average Bonchev–Trinajstić information content (AvgIpc) is 1.53. The highest BCUT2D eigenvalue weighted by Gasteiger charge is 2.49. The van der Waals surface area contributed by atoms with Gasteiger partial charge in [0.05, 0.1) is 10.8 Å². The highest BCUT2D eigenvalue weighted by Crippen LogP contribution is 2.63. The van der Waals surface area contributed by atoms with Crippen molar-refractivity contribution >= 4 is 131 Å². The summed E-state index contributed by atoms with van der Waals surface area (Å²) in [6, 6.07) is 161. The lowest BCUT2D eigenvalue weighted by atomic mass is 9.67. The van der Waals surface area contributed by atoms with Crippen LogP contribution in [0.3, 0.4) is 0 Å². The molecular formula is C130H84O4. The van der Waals surface area contributed by atoms with Gasteiger partial charge in [0.25, 0.3) is 0 Å². The van der Waals surface area contributed by atoms with Crippen molar-refractivity contribution in [2.75, 3.05) is 0 Å². The topological polar surface area (TPSA) is 52.6 Å². The summed E-state index contributed by atoms with van der Waals surface area (Å²) < 4.78 is 26.5. The van der Waals surface area contributed by atoms with E-state index in [2.05, 4.69) is 440 Å². The molecule has 0 fully saturated rings. The molecule has 0 radical (unpaired) electrons. The highest BCUT2D eigenvalue weighted by molar-refractivity contribution is 6.26. The third-order valence-electron chi connectivity index (χ3n) is 29.5. The predicted octanol–water partition coefficient (Wildman–Crippen LogP) is 35.5. The van der Waals surface area contributed by atoms with E-state index >= 15 is 0 Å². The van der Waals surface area contributed by atoms with Gasteiger partial charge in [0.2, 0.25) is 0 Å². The number of para-hydroxylation sites is 6. The van der Waals surface area contributed by atoms with Crippen molar-refractivity contribution in [3.05, 3.63) is 504 Å². The molecule has 0 bridgehead atoms. The summed E-state index contributed by atoms with van der Waals surface area (Å²) in [7, 11) is 0. The zero-order valence-corrected chi connectivity index (χ0v) is 74.2. The first kappa shape index (κ1) is 77.1. The van der Waals surface area contributed by atoms with Gasteiger partial charge in [0, 0.05) is 54.2 Å². The van der Waals surface area contributed by atoms with Gasteiger partial charge in [0.15, 0.2) is 0 Å². The van der Waals surface area contributed by atoms with E-state index < -0.39 is 10.8 Å². The Bertz CT molecular complexity index is 8980. The molecule has 0 N–H and O–H groups in total. The summed E-state index contributed by atoms with van der Waals surface area (Å²) in [5, 5.41) is 18.5. The lowest BCUT2D eigenvalue weighted by molar-refractivity contribution is 0.668. The number of benzene rings is 22.